The van der Waals surface area contributed by atoms with Crippen LogP contribution < -0.4 is 5.32 Å². The molecule has 0 bridgehead atoms. The molecular weight excluding hydrogens is 202 g/mol. The van der Waals surface area contributed by atoms with E-state index in [-0.39, 0.29) is 0 Å². The summed E-state index contributed by atoms with van der Waals surface area (Å²) in [5.74, 6) is 6.03. The van der Waals surface area contributed by atoms with Crippen molar-refractivity contribution in [1.29, 1.82) is 0 Å². The van der Waals surface area contributed by atoms with Crippen molar-refractivity contribution in [3.05, 3.63) is 0 Å². The van der Waals surface area contributed by atoms with Gasteiger partial charge in [0.2, 0.25) is 0 Å². The average molecular weight is 225 g/mol. The summed E-state index contributed by atoms with van der Waals surface area (Å²) in [4.78, 5) is 0. The Morgan fingerprint density at radius 1 is 1.27 bits per heavy atom. The molecule has 0 unspecified atom stereocenters. The Labute approximate surface area is 98.8 Å². The van der Waals surface area contributed by atoms with Crippen molar-refractivity contribution in [2.45, 2.75) is 50.2 Å². The number of nitrogens with one attached hydrogen (secondary N) is 1. The quantitative estimate of drug-likeness (QED) is 0.570. The maximum atomic E-state index is 3.56. The van der Waals surface area contributed by atoms with Gasteiger partial charge >= 0.3 is 0 Å². The fraction of sp³-hybridized carbons (Fsp3) is 0.846. The van der Waals surface area contributed by atoms with Crippen molar-refractivity contribution in [1.82, 2.24) is 5.32 Å². The zero-order chi connectivity index (χ0) is 11.0. The molecule has 1 aliphatic rings. The summed E-state index contributed by atoms with van der Waals surface area (Å²) in [6, 6.07) is 0. The summed E-state index contributed by atoms with van der Waals surface area (Å²) in [5, 5.41) is 3.56. The molecule has 0 radical (unpaired) electrons. The Kier molecular flexibility index (Phi) is 6.20. The molecule has 0 amide bonds. The molecule has 0 saturated heterocycles. The normalized spacial score (nSPS) is 19.3. The van der Waals surface area contributed by atoms with Crippen molar-refractivity contribution >= 4 is 11.8 Å². The SMILES string of the molecule is CC#CCCNCC1(SC)CCCCC1. The van der Waals surface area contributed by atoms with E-state index < -0.39 is 0 Å². The first-order chi connectivity index (χ1) is 7.33. The van der Waals surface area contributed by atoms with E-state index >= 15 is 0 Å². The molecule has 1 nitrogen and oxygen atoms in total. The van der Waals surface area contributed by atoms with Crippen molar-refractivity contribution in [3.8, 4) is 11.8 Å². The molecule has 1 aliphatic carbocycles. The third-order valence-electron chi connectivity index (χ3n) is 3.25. The maximum absolute atomic E-state index is 3.56. The zero-order valence-electron chi connectivity index (χ0n) is 10.1. The minimum atomic E-state index is 0.526. The zero-order valence-corrected chi connectivity index (χ0v) is 10.9. The van der Waals surface area contributed by atoms with Crippen LogP contribution in [-0.4, -0.2) is 24.1 Å². The van der Waals surface area contributed by atoms with Gasteiger partial charge in [-0.25, -0.2) is 0 Å². The van der Waals surface area contributed by atoms with Gasteiger partial charge in [-0.3, -0.25) is 0 Å². The van der Waals surface area contributed by atoms with E-state index in [9.17, 15) is 0 Å². The predicted octanol–water partition coefficient (Wildman–Crippen LogP) is 3.06. The molecule has 2 heteroatoms. The molecule has 0 atom stereocenters. The van der Waals surface area contributed by atoms with Crippen LogP contribution in [0, 0.1) is 11.8 Å². The monoisotopic (exact) mass is 225 g/mol. The summed E-state index contributed by atoms with van der Waals surface area (Å²) in [7, 11) is 0. The van der Waals surface area contributed by atoms with E-state index in [2.05, 4.69) is 35.2 Å². The Hall–Kier alpha value is -0.130. The summed E-state index contributed by atoms with van der Waals surface area (Å²) < 4.78 is 0.526. The third-order valence-corrected chi connectivity index (χ3v) is 4.67. The van der Waals surface area contributed by atoms with Crippen LogP contribution in [0.1, 0.15) is 45.4 Å². The lowest BCUT2D eigenvalue weighted by Gasteiger charge is -2.36. The van der Waals surface area contributed by atoms with Gasteiger partial charge < -0.3 is 5.32 Å². The largest absolute Gasteiger partial charge is 0.314 e. The van der Waals surface area contributed by atoms with Crippen molar-refractivity contribution < 1.29 is 0 Å². The van der Waals surface area contributed by atoms with Gasteiger partial charge in [0.1, 0.15) is 0 Å². The molecule has 1 fully saturated rings. The molecule has 0 heterocycles. The van der Waals surface area contributed by atoms with Gasteiger partial charge in [-0.05, 0) is 26.0 Å². The van der Waals surface area contributed by atoms with E-state index in [1.165, 1.54) is 38.6 Å². The Morgan fingerprint density at radius 3 is 2.60 bits per heavy atom. The molecule has 15 heavy (non-hydrogen) atoms. The molecule has 0 aromatic rings. The third kappa shape index (κ3) is 4.49. The first kappa shape index (κ1) is 12.9. The molecule has 0 aromatic carbocycles. The fourth-order valence-electron chi connectivity index (χ4n) is 2.24. The minimum absolute atomic E-state index is 0.526. The summed E-state index contributed by atoms with van der Waals surface area (Å²) >= 11 is 2.06. The Balaban J connectivity index is 2.22. The lowest BCUT2D eigenvalue weighted by atomic mass is 9.88. The van der Waals surface area contributed by atoms with E-state index in [4.69, 9.17) is 0 Å². The summed E-state index contributed by atoms with van der Waals surface area (Å²) in [6.45, 7) is 4.12. The molecule has 0 aliphatic heterocycles. The highest BCUT2D eigenvalue weighted by Crippen LogP contribution is 2.37. The average Bonchev–Trinajstić information content (AvgIpc) is 2.30. The highest BCUT2D eigenvalue weighted by Gasteiger charge is 2.30. The van der Waals surface area contributed by atoms with Gasteiger partial charge in [0.05, 0.1) is 0 Å². The van der Waals surface area contributed by atoms with E-state index in [0.29, 0.717) is 4.75 Å². The van der Waals surface area contributed by atoms with Crippen LogP contribution in [0.2, 0.25) is 0 Å². The molecule has 1 rings (SSSR count). The Morgan fingerprint density at radius 2 is 2.00 bits per heavy atom. The summed E-state index contributed by atoms with van der Waals surface area (Å²) in [6.07, 6.45) is 10.3. The molecule has 1 saturated carbocycles. The summed E-state index contributed by atoms with van der Waals surface area (Å²) in [5.41, 5.74) is 0. The van der Waals surface area contributed by atoms with Gasteiger partial charge in [0.15, 0.2) is 0 Å². The fourth-order valence-corrected chi connectivity index (χ4v) is 3.18. The second kappa shape index (κ2) is 7.19. The molecule has 1 N–H and O–H groups in total. The van der Waals surface area contributed by atoms with Crippen LogP contribution >= 0.6 is 11.8 Å². The highest BCUT2D eigenvalue weighted by molar-refractivity contribution is 8.00. The van der Waals surface area contributed by atoms with Crippen molar-refractivity contribution in [3.63, 3.8) is 0 Å². The van der Waals surface area contributed by atoms with Gasteiger partial charge in [0, 0.05) is 24.3 Å². The second-order valence-electron chi connectivity index (χ2n) is 4.30. The van der Waals surface area contributed by atoms with Crippen LogP contribution in [-0.2, 0) is 0 Å². The van der Waals surface area contributed by atoms with E-state index in [1.54, 1.807) is 0 Å². The Bertz CT molecular complexity index is 220. The van der Waals surface area contributed by atoms with Crippen LogP contribution in [0.3, 0.4) is 0 Å². The van der Waals surface area contributed by atoms with Crippen LogP contribution in [0.25, 0.3) is 0 Å². The smallest absolute Gasteiger partial charge is 0.0281 e. The van der Waals surface area contributed by atoms with Crippen LogP contribution in [0.4, 0.5) is 0 Å². The minimum Gasteiger partial charge on any atom is -0.314 e. The van der Waals surface area contributed by atoms with E-state index in [0.717, 1.165) is 13.0 Å². The van der Waals surface area contributed by atoms with Gasteiger partial charge in [-0.2, -0.15) is 11.8 Å². The maximum Gasteiger partial charge on any atom is 0.0281 e. The van der Waals surface area contributed by atoms with Crippen LogP contribution in [0.5, 0.6) is 0 Å². The standard InChI is InChI=1S/C13H23NS/c1-3-4-8-11-14-12-13(15-2)9-6-5-7-10-13/h14H,5-12H2,1-2H3. The number of hydrogen-bond donors (Lipinski definition) is 1. The van der Waals surface area contributed by atoms with Crippen molar-refractivity contribution in [2.75, 3.05) is 19.3 Å². The molecule has 0 spiro atoms. The predicted molar refractivity (Wildman–Crippen MR) is 70.3 cm³/mol. The second-order valence-corrected chi connectivity index (χ2v) is 5.58. The number of rotatable bonds is 5. The molecular formula is C13H23NS. The number of thioether (sulfide) groups is 1. The first-order valence-corrected chi connectivity index (χ1v) is 7.21. The highest BCUT2D eigenvalue weighted by atomic mass is 32.2. The molecule has 0 aromatic heterocycles. The van der Waals surface area contributed by atoms with Gasteiger partial charge in [-0.1, -0.05) is 19.3 Å². The van der Waals surface area contributed by atoms with Gasteiger partial charge in [-0.15, -0.1) is 11.8 Å². The van der Waals surface area contributed by atoms with Gasteiger partial charge in [0.25, 0.3) is 0 Å². The lowest BCUT2D eigenvalue weighted by molar-refractivity contribution is 0.381. The van der Waals surface area contributed by atoms with Crippen LogP contribution in [0.15, 0.2) is 0 Å². The number of hydrogen-bond acceptors (Lipinski definition) is 2. The first-order valence-electron chi connectivity index (χ1n) is 5.98. The van der Waals surface area contributed by atoms with E-state index in [1.807, 2.05) is 6.92 Å². The topological polar surface area (TPSA) is 12.0 Å². The molecule has 86 valence electrons. The lowest BCUT2D eigenvalue weighted by Crippen LogP contribution is -2.39. The van der Waals surface area contributed by atoms with Crippen molar-refractivity contribution in [2.24, 2.45) is 0 Å².